The molecular formula is C11H11BrClF. The minimum Gasteiger partial charge on any atom is -0.207 e. The largest absolute Gasteiger partial charge is 0.207 e. The number of halogens is 3. The Morgan fingerprint density at radius 1 is 1.64 bits per heavy atom. The maximum atomic E-state index is 13.6. The number of benzene rings is 1. The van der Waals surface area contributed by atoms with Gasteiger partial charge in [0.2, 0.25) is 0 Å². The van der Waals surface area contributed by atoms with Gasteiger partial charge in [-0.1, -0.05) is 40.5 Å². The van der Waals surface area contributed by atoms with Crippen LogP contribution in [-0.4, -0.2) is 5.33 Å². The molecule has 0 amide bonds. The second-order valence-corrected chi connectivity index (χ2v) is 5.12. The van der Waals surface area contributed by atoms with E-state index in [4.69, 9.17) is 11.6 Å². The SMILES string of the molecule is CC1(c2c(F)cccc2Cl)CC1CBr. The van der Waals surface area contributed by atoms with Crippen LogP contribution in [0.25, 0.3) is 0 Å². The molecule has 0 heterocycles. The molecule has 0 N–H and O–H groups in total. The Bertz CT molecular complexity index is 346. The van der Waals surface area contributed by atoms with Crippen molar-refractivity contribution in [1.29, 1.82) is 0 Å². The van der Waals surface area contributed by atoms with Crippen molar-refractivity contribution in [2.24, 2.45) is 5.92 Å². The highest BCUT2D eigenvalue weighted by Crippen LogP contribution is 2.56. The maximum absolute atomic E-state index is 13.6. The van der Waals surface area contributed by atoms with Crippen molar-refractivity contribution < 1.29 is 4.39 Å². The molecule has 3 heteroatoms. The molecule has 0 aliphatic heterocycles. The van der Waals surface area contributed by atoms with Crippen molar-refractivity contribution in [3.05, 3.63) is 34.6 Å². The Labute approximate surface area is 96.6 Å². The van der Waals surface area contributed by atoms with E-state index in [0.717, 1.165) is 11.8 Å². The average Bonchev–Trinajstić information content (AvgIpc) is 2.77. The Hall–Kier alpha value is -0.0800. The highest BCUT2D eigenvalue weighted by molar-refractivity contribution is 9.09. The highest BCUT2D eigenvalue weighted by Gasteiger charge is 2.52. The molecule has 2 rings (SSSR count). The minimum absolute atomic E-state index is 0.0636. The minimum atomic E-state index is -0.177. The molecule has 1 fully saturated rings. The molecule has 0 saturated heterocycles. The number of rotatable bonds is 2. The zero-order valence-electron chi connectivity index (χ0n) is 7.86. The normalized spacial score (nSPS) is 30.4. The van der Waals surface area contributed by atoms with E-state index in [1.54, 1.807) is 12.1 Å². The standard InChI is InChI=1S/C11H11BrClF/c1-11(5-7(11)6-12)10-8(13)3-2-4-9(10)14/h2-4,7H,5-6H2,1H3. The summed E-state index contributed by atoms with van der Waals surface area (Å²) in [6.45, 7) is 2.07. The zero-order valence-corrected chi connectivity index (χ0v) is 10.2. The second-order valence-electron chi connectivity index (χ2n) is 4.07. The van der Waals surface area contributed by atoms with Crippen molar-refractivity contribution in [1.82, 2.24) is 0 Å². The molecule has 2 atom stereocenters. The molecule has 1 aromatic rings. The van der Waals surface area contributed by atoms with E-state index in [1.165, 1.54) is 6.07 Å². The van der Waals surface area contributed by atoms with Crippen molar-refractivity contribution in [2.45, 2.75) is 18.8 Å². The Morgan fingerprint density at radius 3 is 2.86 bits per heavy atom. The van der Waals surface area contributed by atoms with E-state index in [9.17, 15) is 4.39 Å². The van der Waals surface area contributed by atoms with Gasteiger partial charge in [0.15, 0.2) is 0 Å². The first-order valence-corrected chi connectivity index (χ1v) is 6.10. The first-order chi connectivity index (χ1) is 6.59. The van der Waals surface area contributed by atoms with Crippen LogP contribution >= 0.6 is 27.5 Å². The van der Waals surface area contributed by atoms with E-state index in [-0.39, 0.29) is 11.2 Å². The zero-order chi connectivity index (χ0) is 10.3. The summed E-state index contributed by atoms with van der Waals surface area (Å²) in [4.78, 5) is 0. The van der Waals surface area contributed by atoms with Crippen LogP contribution < -0.4 is 0 Å². The van der Waals surface area contributed by atoms with Gasteiger partial charge < -0.3 is 0 Å². The summed E-state index contributed by atoms with van der Waals surface area (Å²) in [5.74, 6) is 0.334. The molecule has 1 aliphatic carbocycles. The van der Waals surface area contributed by atoms with Crippen molar-refractivity contribution in [3.8, 4) is 0 Å². The van der Waals surface area contributed by atoms with Gasteiger partial charge in [-0.05, 0) is 24.5 Å². The Kier molecular flexibility index (Phi) is 2.61. The fourth-order valence-electron chi connectivity index (χ4n) is 2.03. The Morgan fingerprint density at radius 2 is 2.36 bits per heavy atom. The molecule has 0 bridgehead atoms. The van der Waals surface area contributed by atoms with Gasteiger partial charge in [-0.2, -0.15) is 0 Å². The summed E-state index contributed by atoms with van der Waals surface area (Å²) in [5.41, 5.74) is 0.623. The topological polar surface area (TPSA) is 0 Å². The fourth-order valence-corrected chi connectivity index (χ4v) is 3.35. The van der Waals surface area contributed by atoms with E-state index >= 15 is 0 Å². The van der Waals surface area contributed by atoms with Crippen molar-refractivity contribution in [2.75, 3.05) is 5.33 Å². The van der Waals surface area contributed by atoms with Gasteiger partial charge in [-0.15, -0.1) is 0 Å². The summed E-state index contributed by atoms with van der Waals surface area (Å²) in [6.07, 6.45) is 1.01. The van der Waals surface area contributed by atoms with Gasteiger partial charge in [0.25, 0.3) is 0 Å². The predicted molar refractivity (Wildman–Crippen MR) is 60.7 cm³/mol. The molecule has 14 heavy (non-hydrogen) atoms. The summed E-state index contributed by atoms with van der Waals surface area (Å²) in [5, 5.41) is 1.46. The average molecular weight is 278 g/mol. The van der Waals surface area contributed by atoms with E-state index in [1.807, 2.05) is 0 Å². The van der Waals surface area contributed by atoms with Crippen LogP contribution in [0.5, 0.6) is 0 Å². The third-order valence-corrected chi connectivity index (χ3v) is 4.23. The molecule has 1 aromatic carbocycles. The molecule has 0 aromatic heterocycles. The quantitative estimate of drug-likeness (QED) is 0.712. The summed E-state index contributed by atoms with van der Waals surface area (Å²) < 4.78 is 13.6. The lowest BCUT2D eigenvalue weighted by molar-refractivity contribution is 0.574. The lowest BCUT2D eigenvalue weighted by Crippen LogP contribution is -2.08. The first kappa shape index (κ1) is 10.4. The lowest BCUT2D eigenvalue weighted by atomic mass is 9.95. The lowest BCUT2D eigenvalue weighted by Gasteiger charge is -2.13. The van der Waals surface area contributed by atoms with Gasteiger partial charge in [-0.3, -0.25) is 0 Å². The maximum Gasteiger partial charge on any atom is 0.128 e. The van der Waals surface area contributed by atoms with Gasteiger partial charge in [-0.25, -0.2) is 4.39 Å². The van der Waals surface area contributed by atoms with Crippen LogP contribution in [-0.2, 0) is 5.41 Å². The predicted octanol–water partition coefficient (Wildman–Crippen LogP) is 4.15. The van der Waals surface area contributed by atoms with Crippen LogP contribution in [0.15, 0.2) is 18.2 Å². The number of hydrogen-bond acceptors (Lipinski definition) is 0. The van der Waals surface area contributed by atoms with Gasteiger partial charge in [0.1, 0.15) is 5.82 Å². The third kappa shape index (κ3) is 1.49. The van der Waals surface area contributed by atoms with Gasteiger partial charge in [0, 0.05) is 21.3 Å². The molecular weight excluding hydrogens is 266 g/mol. The third-order valence-electron chi connectivity index (χ3n) is 3.13. The molecule has 0 nitrogen and oxygen atoms in total. The molecule has 1 saturated carbocycles. The summed E-state index contributed by atoms with van der Waals surface area (Å²) in [6, 6.07) is 4.89. The molecule has 76 valence electrons. The highest BCUT2D eigenvalue weighted by atomic mass is 79.9. The Balaban J connectivity index is 2.43. The van der Waals surface area contributed by atoms with Crippen LogP contribution in [0.3, 0.4) is 0 Å². The summed E-state index contributed by atoms with van der Waals surface area (Å²) in [7, 11) is 0. The van der Waals surface area contributed by atoms with Gasteiger partial charge >= 0.3 is 0 Å². The van der Waals surface area contributed by atoms with Crippen LogP contribution in [0.4, 0.5) is 4.39 Å². The van der Waals surface area contributed by atoms with Gasteiger partial charge in [0.05, 0.1) is 0 Å². The monoisotopic (exact) mass is 276 g/mol. The molecule has 0 spiro atoms. The van der Waals surface area contributed by atoms with Crippen LogP contribution in [0, 0.1) is 11.7 Å². The molecule has 2 unspecified atom stereocenters. The smallest absolute Gasteiger partial charge is 0.128 e. The van der Waals surface area contributed by atoms with Crippen molar-refractivity contribution in [3.63, 3.8) is 0 Å². The van der Waals surface area contributed by atoms with Crippen molar-refractivity contribution >= 4 is 27.5 Å². The van der Waals surface area contributed by atoms with E-state index in [2.05, 4.69) is 22.9 Å². The summed E-state index contributed by atoms with van der Waals surface area (Å²) >= 11 is 9.45. The molecule has 1 aliphatic rings. The second kappa shape index (κ2) is 3.49. The first-order valence-electron chi connectivity index (χ1n) is 4.60. The molecule has 0 radical (unpaired) electrons. The van der Waals surface area contributed by atoms with E-state index < -0.39 is 0 Å². The van der Waals surface area contributed by atoms with Crippen LogP contribution in [0.1, 0.15) is 18.9 Å². The number of hydrogen-bond donors (Lipinski definition) is 0. The van der Waals surface area contributed by atoms with Crippen LogP contribution in [0.2, 0.25) is 5.02 Å². The van der Waals surface area contributed by atoms with E-state index in [0.29, 0.717) is 16.5 Å². The number of alkyl halides is 1. The fraction of sp³-hybridized carbons (Fsp3) is 0.455.